The van der Waals surface area contributed by atoms with Crippen molar-refractivity contribution in [3.05, 3.63) is 71.5 Å². The van der Waals surface area contributed by atoms with E-state index < -0.39 is 5.97 Å². The minimum atomic E-state index is -0.951. The van der Waals surface area contributed by atoms with Crippen LogP contribution in [0.1, 0.15) is 28.8 Å². The maximum Gasteiger partial charge on any atom is 0.336 e. The predicted molar refractivity (Wildman–Crippen MR) is 112 cm³/mol. The third-order valence-corrected chi connectivity index (χ3v) is 5.58. The molecule has 1 aliphatic rings. The second-order valence-electron chi connectivity index (χ2n) is 7.57. The second kappa shape index (κ2) is 8.57. The number of aromatic nitrogens is 1. The van der Waals surface area contributed by atoms with Gasteiger partial charge in [-0.05, 0) is 50.0 Å². The molecule has 6 heteroatoms. The summed E-state index contributed by atoms with van der Waals surface area (Å²) < 4.78 is 13.8. The summed E-state index contributed by atoms with van der Waals surface area (Å²) in [6.45, 7) is 3.23. The minimum absolute atomic E-state index is 0.145. The van der Waals surface area contributed by atoms with Crippen LogP contribution in [0.4, 0.5) is 10.2 Å². The average molecular weight is 393 g/mol. The molecule has 0 saturated carbocycles. The number of hydrogen-bond acceptors (Lipinski definition) is 4. The lowest BCUT2D eigenvalue weighted by molar-refractivity contribution is 0.0699. The first kappa shape index (κ1) is 19.3. The highest BCUT2D eigenvalue weighted by Crippen LogP contribution is 2.23. The molecule has 0 unspecified atom stereocenters. The average Bonchev–Trinajstić information content (AvgIpc) is 2.74. The van der Waals surface area contributed by atoms with Crippen LogP contribution in [0.15, 0.2) is 54.6 Å². The van der Waals surface area contributed by atoms with Gasteiger partial charge in [0.2, 0.25) is 0 Å². The zero-order valence-corrected chi connectivity index (χ0v) is 16.1. The van der Waals surface area contributed by atoms with Crippen LogP contribution in [-0.4, -0.2) is 40.6 Å². The van der Waals surface area contributed by atoms with Gasteiger partial charge in [0, 0.05) is 24.0 Å². The van der Waals surface area contributed by atoms with E-state index in [4.69, 9.17) is 0 Å². The Kier molecular flexibility index (Phi) is 5.71. The normalized spacial score (nSPS) is 15.5. The number of piperidine rings is 1. The third-order valence-electron chi connectivity index (χ3n) is 5.58. The van der Waals surface area contributed by atoms with Crippen LogP contribution in [0.5, 0.6) is 0 Å². The van der Waals surface area contributed by atoms with Gasteiger partial charge in [-0.2, -0.15) is 0 Å². The summed E-state index contributed by atoms with van der Waals surface area (Å²) in [6, 6.07) is 15.8. The van der Waals surface area contributed by atoms with Gasteiger partial charge in [0.1, 0.15) is 11.6 Å². The maximum atomic E-state index is 13.8. The molecule has 3 aromatic rings. The summed E-state index contributed by atoms with van der Waals surface area (Å²) in [5, 5.41) is 13.5. The molecule has 0 radical (unpaired) electrons. The van der Waals surface area contributed by atoms with Crippen LogP contribution in [0.2, 0.25) is 0 Å². The largest absolute Gasteiger partial charge is 0.478 e. The number of hydrogen-bond donors (Lipinski definition) is 2. The Labute approximate surface area is 169 Å². The Hall–Kier alpha value is -2.99. The Morgan fingerprint density at radius 1 is 1.14 bits per heavy atom. The zero-order valence-electron chi connectivity index (χ0n) is 16.1. The molecule has 0 atom stereocenters. The smallest absolute Gasteiger partial charge is 0.336 e. The molecule has 5 nitrogen and oxygen atoms in total. The summed E-state index contributed by atoms with van der Waals surface area (Å²) in [4.78, 5) is 18.4. The summed E-state index contributed by atoms with van der Waals surface area (Å²) in [5.41, 5.74) is 1.68. The quantitative estimate of drug-likeness (QED) is 0.650. The van der Waals surface area contributed by atoms with Crippen LogP contribution < -0.4 is 5.32 Å². The fraction of sp³-hybridized carbons (Fsp3) is 0.304. The molecule has 2 N–H and O–H groups in total. The fourth-order valence-corrected chi connectivity index (χ4v) is 3.91. The fourth-order valence-electron chi connectivity index (χ4n) is 3.91. The Morgan fingerprint density at radius 2 is 1.86 bits per heavy atom. The summed E-state index contributed by atoms with van der Waals surface area (Å²) in [7, 11) is 0. The number of nitrogens with one attached hydrogen (secondary N) is 1. The number of nitrogens with zero attached hydrogens (tertiary/aromatic N) is 2. The van der Waals surface area contributed by atoms with Gasteiger partial charge in [0.15, 0.2) is 0 Å². The number of anilines is 1. The molecule has 1 aliphatic heterocycles. The number of carbonyl (C=O) groups is 1. The number of carboxylic acids is 1. The van der Waals surface area contributed by atoms with Crippen molar-refractivity contribution < 1.29 is 14.3 Å². The summed E-state index contributed by atoms with van der Waals surface area (Å²) >= 11 is 0. The number of benzene rings is 2. The number of likely N-dealkylation sites (tertiary alicyclic amines) is 1. The van der Waals surface area contributed by atoms with Crippen LogP contribution in [0.3, 0.4) is 0 Å². The number of rotatable bonds is 6. The van der Waals surface area contributed by atoms with Crippen LogP contribution in [0, 0.1) is 11.7 Å². The van der Waals surface area contributed by atoms with E-state index in [1.54, 1.807) is 18.2 Å². The van der Waals surface area contributed by atoms with Crippen molar-refractivity contribution in [2.75, 3.05) is 25.0 Å². The van der Waals surface area contributed by atoms with Crippen molar-refractivity contribution in [1.82, 2.24) is 9.88 Å². The van der Waals surface area contributed by atoms with Gasteiger partial charge in [0.25, 0.3) is 0 Å². The van der Waals surface area contributed by atoms with Crippen molar-refractivity contribution in [1.29, 1.82) is 0 Å². The van der Waals surface area contributed by atoms with E-state index in [0.29, 0.717) is 29.2 Å². The number of pyridine rings is 1. The van der Waals surface area contributed by atoms with E-state index in [0.717, 1.165) is 38.0 Å². The zero-order chi connectivity index (χ0) is 20.2. The Morgan fingerprint density at radius 3 is 2.62 bits per heavy atom. The second-order valence-corrected chi connectivity index (χ2v) is 7.57. The number of carboxylic acid groups (broad SMARTS) is 1. The predicted octanol–water partition coefficient (Wildman–Crippen LogP) is 4.40. The van der Waals surface area contributed by atoms with Gasteiger partial charge < -0.3 is 10.4 Å². The number of para-hydroxylation sites is 1. The molecule has 1 saturated heterocycles. The molecule has 2 heterocycles. The van der Waals surface area contributed by atoms with Crippen LogP contribution in [0.25, 0.3) is 10.9 Å². The lowest BCUT2D eigenvalue weighted by Crippen LogP contribution is -2.35. The van der Waals surface area contributed by atoms with Crippen molar-refractivity contribution in [2.45, 2.75) is 19.4 Å². The molecule has 1 aromatic heterocycles. The Balaban J connectivity index is 1.35. The molecule has 0 spiro atoms. The van der Waals surface area contributed by atoms with Gasteiger partial charge in [-0.25, -0.2) is 14.2 Å². The molecule has 4 rings (SSSR count). The highest BCUT2D eigenvalue weighted by Gasteiger charge is 2.20. The van der Waals surface area contributed by atoms with Gasteiger partial charge in [-0.1, -0.05) is 36.4 Å². The van der Waals surface area contributed by atoms with Gasteiger partial charge in [-0.15, -0.1) is 0 Å². The van der Waals surface area contributed by atoms with E-state index in [-0.39, 0.29) is 11.4 Å². The number of fused-ring (bicyclic) bond motifs is 1. The number of halogens is 1. The molecule has 29 heavy (non-hydrogen) atoms. The molecular formula is C23H24FN3O2. The number of aromatic carboxylic acids is 1. The molecule has 2 aromatic carbocycles. The molecule has 0 amide bonds. The SMILES string of the molecule is O=C(O)c1cc(NCC2CCN(Cc3ccccc3F)CC2)nc2ccccc12. The van der Waals surface area contributed by atoms with Crippen LogP contribution >= 0.6 is 0 Å². The van der Waals surface area contributed by atoms with E-state index >= 15 is 0 Å². The molecule has 150 valence electrons. The highest BCUT2D eigenvalue weighted by atomic mass is 19.1. The first-order chi connectivity index (χ1) is 14.1. The standard InChI is InChI=1S/C23H24FN3O2/c24-20-7-3-1-5-17(20)15-27-11-9-16(10-12-27)14-25-22-13-19(23(28)29)18-6-2-4-8-21(18)26-22/h1-8,13,16H,9-12,14-15H2,(H,25,26)(H,28,29). The lowest BCUT2D eigenvalue weighted by Gasteiger charge is -2.32. The summed E-state index contributed by atoms with van der Waals surface area (Å²) in [6.07, 6.45) is 2.03. The maximum absolute atomic E-state index is 13.8. The van der Waals surface area contributed by atoms with E-state index in [1.807, 2.05) is 30.3 Å². The first-order valence-electron chi connectivity index (χ1n) is 9.93. The van der Waals surface area contributed by atoms with Crippen molar-refractivity contribution in [3.8, 4) is 0 Å². The molecule has 0 bridgehead atoms. The van der Waals surface area contributed by atoms with Gasteiger partial charge in [0.05, 0.1) is 11.1 Å². The Bertz CT molecular complexity index is 1020. The first-order valence-corrected chi connectivity index (χ1v) is 9.93. The minimum Gasteiger partial charge on any atom is -0.478 e. The van der Waals surface area contributed by atoms with E-state index in [9.17, 15) is 14.3 Å². The van der Waals surface area contributed by atoms with Crippen LogP contribution in [-0.2, 0) is 6.54 Å². The van der Waals surface area contributed by atoms with Crippen molar-refractivity contribution in [3.63, 3.8) is 0 Å². The van der Waals surface area contributed by atoms with E-state index in [2.05, 4.69) is 15.2 Å². The van der Waals surface area contributed by atoms with Crippen molar-refractivity contribution in [2.24, 2.45) is 5.92 Å². The molecular weight excluding hydrogens is 369 g/mol. The monoisotopic (exact) mass is 393 g/mol. The van der Waals surface area contributed by atoms with Crippen molar-refractivity contribution >= 4 is 22.7 Å². The topological polar surface area (TPSA) is 65.5 Å². The molecule has 1 fully saturated rings. The third kappa shape index (κ3) is 4.54. The van der Waals surface area contributed by atoms with Gasteiger partial charge >= 0.3 is 5.97 Å². The molecule has 0 aliphatic carbocycles. The lowest BCUT2D eigenvalue weighted by atomic mass is 9.96. The van der Waals surface area contributed by atoms with E-state index in [1.165, 1.54) is 6.07 Å². The highest BCUT2D eigenvalue weighted by molar-refractivity contribution is 6.03. The summed E-state index contributed by atoms with van der Waals surface area (Å²) in [5.74, 6) is -0.0238. The van der Waals surface area contributed by atoms with Gasteiger partial charge in [-0.3, -0.25) is 4.90 Å².